The van der Waals surface area contributed by atoms with Crippen molar-refractivity contribution in [3.8, 4) is 5.75 Å². The summed E-state index contributed by atoms with van der Waals surface area (Å²) in [4.78, 5) is 18.2. The number of sulfonamides is 1. The first kappa shape index (κ1) is 38.1. The Bertz CT molecular complexity index is 1680. The average Bonchev–Trinajstić information content (AvgIpc) is 3.25. The predicted octanol–water partition coefficient (Wildman–Crippen LogP) is 6.77. The van der Waals surface area contributed by atoms with Gasteiger partial charge in [-0.25, -0.2) is 13.1 Å². The van der Waals surface area contributed by atoms with E-state index in [0.717, 1.165) is 102 Å². The molecule has 0 unspecified atom stereocenters. The summed E-state index contributed by atoms with van der Waals surface area (Å²) in [6.45, 7) is 14.5. The Morgan fingerprint density at radius 3 is 2.67 bits per heavy atom. The van der Waals surface area contributed by atoms with Gasteiger partial charge in [-0.1, -0.05) is 43.7 Å². The fraction of sp³-hybridized carbons (Fsp3) is 0.625. The Hall–Kier alpha value is -2.63. The molecular weight excluding hydrogens is 686 g/mol. The van der Waals surface area contributed by atoms with Crippen molar-refractivity contribution in [1.82, 2.24) is 9.62 Å². The topological polar surface area (TPSA) is 97.4 Å². The maximum atomic E-state index is 13.4. The molecule has 280 valence electrons. The van der Waals surface area contributed by atoms with E-state index in [-0.39, 0.29) is 11.0 Å². The molecular formula is C40H56ClN3O6S. The number of carbonyl (C=O) groups is 1. The number of carbonyl (C=O) groups excluding carboxylic acids is 1. The van der Waals surface area contributed by atoms with Crippen LogP contribution in [0.15, 0.2) is 48.6 Å². The molecule has 4 atom stereocenters. The molecule has 2 heterocycles. The quantitative estimate of drug-likeness (QED) is 0.225. The van der Waals surface area contributed by atoms with E-state index in [2.05, 4.69) is 52.7 Å². The normalized spacial score (nSPS) is 25.1. The number of fused-ring (bicyclic) bond motifs is 3. The van der Waals surface area contributed by atoms with Gasteiger partial charge < -0.3 is 19.1 Å². The number of hydrogen-bond acceptors (Lipinski definition) is 8. The third kappa shape index (κ3) is 8.30. The standard InChI is InChI=1S/C40H56ClN3O6S/c1-5-7-17-40(6-2,50-23-20-43-18-21-48-22-19-43)35-13-10-32(35)26-44-27-39(16-8-9-30-24-33(41)12-14-34(30)39)28-49-37-15-11-31(25-36(37)44)38(45)42-51(46,47)29(3)4/h7,11-12,14-15,17,24-25,29,32,35H,5-6,8-10,13,16,18-23,26-28H2,1-4H3,(H,42,45)/b17-7+/t32-,35+,39-,40-/m0/s1. The van der Waals surface area contributed by atoms with E-state index < -0.39 is 21.2 Å². The number of aryl methyl sites for hydroxylation is 1. The average molecular weight is 742 g/mol. The number of halogens is 1. The van der Waals surface area contributed by atoms with E-state index in [0.29, 0.717) is 36.4 Å². The van der Waals surface area contributed by atoms with E-state index in [4.69, 9.17) is 25.8 Å². The van der Waals surface area contributed by atoms with Crippen LogP contribution in [0.5, 0.6) is 5.75 Å². The number of hydrogen-bond donors (Lipinski definition) is 1. The summed E-state index contributed by atoms with van der Waals surface area (Å²) < 4.78 is 46.8. The van der Waals surface area contributed by atoms with Crippen LogP contribution in [0.2, 0.25) is 5.02 Å². The maximum Gasteiger partial charge on any atom is 0.264 e. The maximum absolute atomic E-state index is 13.4. The summed E-state index contributed by atoms with van der Waals surface area (Å²) in [6.07, 6.45) is 11.6. The van der Waals surface area contributed by atoms with Crippen LogP contribution < -0.4 is 14.4 Å². The SMILES string of the molecule is CC/C=C/[C@](CC)(OCCN1CCOCC1)[C@@H]1CC[C@H]1CN1C[C@@]2(CCCc3cc(Cl)ccc32)COc2ccc(C(=O)NS(=O)(=O)C(C)C)cc21. The molecule has 4 aliphatic rings. The zero-order valence-electron chi connectivity index (χ0n) is 30.8. The molecule has 6 rings (SSSR count). The second-order valence-corrected chi connectivity index (χ2v) is 17.9. The summed E-state index contributed by atoms with van der Waals surface area (Å²) in [6, 6.07) is 11.6. The van der Waals surface area contributed by atoms with E-state index in [1.54, 1.807) is 19.9 Å². The lowest BCUT2D eigenvalue weighted by atomic mass is 9.63. The molecule has 1 amide bonds. The second-order valence-electron chi connectivity index (χ2n) is 15.2. The minimum Gasteiger partial charge on any atom is -0.490 e. The Balaban J connectivity index is 1.32. The number of allylic oxidation sites excluding steroid dienone is 1. The molecule has 0 bridgehead atoms. The highest BCUT2D eigenvalue weighted by Gasteiger charge is 2.48. The van der Waals surface area contributed by atoms with Crippen molar-refractivity contribution >= 4 is 33.2 Å². The second kappa shape index (κ2) is 16.2. The molecule has 1 saturated heterocycles. The van der Waals surface area contributed by atoms with Crippen LogP contribution >= 0.6 is 11.6 Å². The van der Waals surface area contributed by atoms with Crippen LogP contribution in [0.3, 0.4) is 0 Å². The number of nitrogens with zero attached hydrogens (tertiary/aromatic N) is 2. The molecule has 2 aromatic carbocycles. The molecule has 2 aliphatic heterocycles. The Labute approximate surface area is 310 Å². The first-order valence-electron chi connectivity index (χ1n) is 19.0. The fourth-order valence-corrected chi connectivity index (χ4v) is 9.35. The third-order valence-corrected chi connectivity index (χ3v) is 13.7. The Morgan fingerprint density at radius 1 is 1.16 bits per heavy atom. The van der Waals surface area contributed by atoms with Crippen LogP contribution in [-0.2, 0) is 31.3 Å². The van der Waals surface area contributed by atoms with Gasteiger partial charge in [-0.2, -0.15) is 0 Å². The number of anilines is 1. The van der Waals surface area contributed by atoms with Crippen molar-refractivity contribution in [2.75, 3.05) is 64.1 Å². The van der Waals surface area contributed by atoms with Gasteiger partial charge in [0.15, 0.2) is 0 Å². The minimum absolute atomic E-state index is 0.265. The molecule has 1 spiro atoms. The van der Waals surface area contributed by atoms with E-state index in [9.17, 15) is 13.2 Å². The van der Waals surface area contributed by atoms with Crippen molar-refractivity contribution in [3.63, 3.8) is 0 Å². The highest BCUT2D eigenvalue weighted by Crippen LogP contribution is 2.50. The molecule has 1 saturated carbocycles. The lowest BCUT2D eigenvalue weighted by molar-refractivity contribution is -0.107. The van der Waals surface area contributed by atoms with Gasteiger partial charge in [0, 0.05) is 48.7 Å². The van der Waals surface area contributed by atoms with Crippen LogP contribution in [0, 0.1) is 11.8 Å². The molecule has 0 radical (unpaired) electrons. The van der Waals surface area contributed by atoms with Crippen LogP contribution in [-0.4, -0.2) is 89.2 Å². The molecule has 11 heteroatoms. The van der Waals surface area contributed by atoms with Gasteiger partial charge in [0.2, 0.25) is 10.0 Å². The zero-order chi connectivity index (χ0) is 36.2. The number of nitrogens with one attached hydrogen (secondary N) is 1. The number of rotatable bonds is 13. The van der Waals surface area contributed by atoms with Crippen molar-refractivity contribution in [3.05, 3.63) is 70.3 Å². The largest absolute Gasteiger partial charge is 0.490 e. The van der Waals surface area contributed by atoms with E-state index in [1.807, 2.05) is 18.2 Å². The number of ether oxygens (including phenoxy) is 3. The molecule has 2 aromatic rings. The first-order chi connectivity index (χ1) is 24.5. The summed E-state index contributed by atoms with van der Waals surface area (Å²) in [5.41, 5.74) is 3.04. The van der Waals surface area contributed by atoms with Crippen molar-refractivity contribution in [2.24, 2.45) is 11.8 Å². The van der Waals surface area contributed by atoms with Gasteiger partial charge in [-0.05, 0) is 112 Å². The first-order valence-corrected chi connectivity index (χ1v) is 20.9. The van der Waals surface area contributed by atoms with Crippen molar-refractivity contribution in [1.29, 1.82) is 0 Å². The van der Waals surface area contributed by atoms with Crippen LogP contribution in [0.1, 0.15) is 87.7 Å². The monoisotopic (exact) mass is 741 g/mol. The lowest BCUT2D eigenvalue weighted by Gasteiger charge is -2.51. The highest BCUT2D eigenvalue weighted by molar-refractivity contribution is 7.90. The van der Waals surface area contributed by atoms with Gasteiger partial charge >= 0.3 is 0 Å². The molecule has 2 fully saturated rings. The van der Waals surface area contributed by atoms with Gasteiger partial charge in [0.05, 0.1) is 43.0 Å². The molecule has 1 N–H and O–H groups in total. The van der Waals surface area contributed by atoms with Gasteiger partial charge in [0.1, 0.15) is 5.75 Å². The van der Waals surface area contributed by atoms with Gasteiger partial charge in [0.25, 0.3) is 5.91 Å². The third-order valence-electron chi connectivity index (χ3n) is 11.7. The Morgan fingerprint density at radius 2 is 1.96 bits per heavy atom. The number of morpholine rings is 1. The molecule has 9 nitrogen and oxygen atoms in total. The van der Waals surface area contributed by atoms with Gasteiger partial charge in [-0.15, -0.1) is 0 Å². The predicted molar refractivity (Wildman–Crippen MR) is 204 cm³/mol. The zero-order valence-corrected chi connectivity index (χ0v) is 32.4. The minimum atomic E-state index is -3.79. The molecule has 51 heavy (non-hydrogen) atoms. The highest BCUT2D eigenvalue weighted by atomic mass is 35.5. The fourth-order valence-electron chi connectivity index (χ4n) is 8.54. The van der Waals surface area contributed by atoms with Gasteiger partial charge in [-0.3, -0.25) is 9.69 Å². The number of amides is 1. The lowest BCUT2D eigenvalue weighted by Crippen LogP contribution is -2.53. The van der Waals surface area contributed by atoms with Crippen molar-refractivity contribution < 1.29 is 27.4 Å². The van der Waals surface area contributed by atoms with E-state index in [1.165, 1.54) is 11.1 Å². The smallest absolute Gasteiger partial charge is 0.264 e. The summed E-state index contributed by atoms with van der Waals surface area (Å²) in [5, 5.41) is 0.0172. The molecule has 0 aromatic heterocycles. The van der Waals surface area contributed by atoms with Crippen LogP contribution in [0.25, 0.3) is 0 Å². The molecule has 2 aliphatic carbocycles. The summed E-state index contributed by atoms with van der Waals surface area (Å²) in [7, 11) is -3.79. The van der Waals surface area contributed by atoms with Crippen LogP contribution in [0.4, 0.5) is 5.69 Å². The number of benzene rings is 2. The van der Waals surface area contributed by atoms with Crippen molar-refractivity contribution in [2.45, 2.75) is 88.9 Å². The summed E-state index contributed by atoms with van der Waals surface area (Å²) >= 11 is 6.49. The van der Waals surface area contributed by atoms with E-state index >= 15 is 0 Å². The Kier molecular flexibility index (Phi) is 12.1. The summed E-state index contributed by atoms with van der Waals surface area (Å²) in [5.74, 6) is 0.762.